The number of amides is 4. The first-order chi connectivity index (χ1) is 17.4. The van der Waals surface area contributed by atoms with Gasteiger partial charge >= 0.3 is 5.97 Å². The van der Waals surface area contributed by atoms with Crippen molar-refractivity contribution in [3.63, 3.8) is 0 Å². The molecule has 210 valence electrons. The minimum Gasteiger partial charge on any atom is -0.480 e. The topological polar surface area (TPSA) is 143 Å². The maximum absolute atomic E-state index is 12.2. The Morgan fingerprint density at radius 2 is 1.70 bits per heavy atom. The fraction of sp³-hybridized carbons (Fsp3) is 0.708. The number of imide groups is 1. The third-order valence-electron chi connectivity index (χ3n) is 5.49. The Morgan fingerprint density at radius 3 is 2.32 bits per heavy atom. The number of carboxylic acids is 1. The van der Waals surface area contributed by atoms with E-state index in [0.29, 0.717) is 39.2 Å². The van der Waals surface area contributed by atoms with Gasteiger partial charge in [0.1, 0.15) is 6.04 Å². The SMILES string of the molecule is CC(C(=O)O)N(C)C(=O)CCC(C)(C)SSCCCC(=O)NCCOCCOCCN1C(=O)C=CC1=O. The molecule has 0 radical (unpaired) electrons. The van der Waals surface area contributed by atoms with Crippen LogP contribution in [0.4, 0.5) is 0 Å². The van der Waals surface area contributed by atoms with Crippen LogP contribution >= 0.6 is 21.6 Å². The van der Waals surface area contributed by atoms with Crippen molar-refractivity contribution in [1.29, 1.82) is 0 Å². The lowest BCUT2D eigenvalue weighted by Crippen LogP contribution is -2.40. The highest BCUT2D eigenvalue weighted by Gasteiger charge is 2.25. The molecule has 0 aromatic heterocycles. The van der Waals surface area contributed by atoms with Crippen LogP contribution in [0.25, 0.3) is 0 Å². The molecule has 1 rings (SSSR count). The van der Waals surface area contributed by atoms with Gasteiger partial charge in [0.2, 0.25) is 11.8 Å². The molecule has 0 bridgehead atoms. The Morgan fingerprint density at radius 1 is 1.08 bits per heavy atom. The lowest BCUT2D eigenvalue weighted by atomic mass is 10.1. The van der Waals surface area contributed by atoms with Gasteiger partial charge in [-0.3, -0.25) is 24.1 Å². The smallest absolute Gasteiger partial charge is 0.326 e. The van der Waals surface area contributed by atoms with Gasteiger partial charge in [-0.2, -0.15) is 0 Å². The van der Waals surface area contributed by atoms with Gasteiger partial charge < -0.3 is 24.8 Å². The van der Waals surface area contributed by atoms with Crippen molar-refractivity contribution in [2.75, 3.05) is 52.3 Å². The molecule has 0 aromatic carbocycles. The van der Waals surface area contributed by atoms with Gasteiger partial charge in [-0.25, -0.2) is 4.79 Å². The van der Waals surface area contributed by atoms with E-state index in [-0.39, 0.29) is 47.9 Å². The van der Waals surface area contributed by atoms with Crippen molar-refractivity contribution in [1.82, 2.24) is 15.1 Å². The number of aliphatic carboxylic acids is 1. The summed E-state index contributed by atoms with van der Waals surface area (Å²) in [6.45, 7) is 7.47. The molecular formula is C24H39N3O8S2. The van der Waals surface area contributed by atoms with Crippen molar-refractivity contribution >= 4 is 51.2 Å². The first-order valence-electron chi connectivity index (χ1n) is 12.2. The molecule has 37 heavy (non-hydrogen) atoms. The second-order valence-electron chi connectivity index (χ2n) is 9.02. The summed E-state index contributed by atoms with van der Waals surface area (Å²) in [5, 5.41) is 11.8. The van der Waals surface area contributed by atoms with Crippen LogP contribution in [-0.4, -0.2) is 108 Å². The van der Waals surface area contributed by atoms with Gasteiger partial charge in [0.25, 0.3) is 11.8 Å². The predicted octanol–water partition coefficient (Wildman–Crippen LogP) is 1.71. The molecule has 2 N–H and O–H groups in total. The van der Waals surface area contributed by atoms with Gasteiger partial charge in [0, 0.05) is 49.1 Å². The van der Waals surface area contributed by atoms with Crippen molar-refractivity contribution in [3.8, 4) is 0 Å². The molecule has 0 aromatic rings. The number of nitrogens with zero attached hydrogens (tertiary/aromatic N) is 2. The van der Waals surface area contributed by atoms with E-state index >= 15 is 0 Å². The van der Waals surface area contributed by atoms with Gasteiger partial charge in [-0.15, -0.1) is 0 Å². The fourth-order valence-corrected chi connectivity index (χ4v) is 5.64. The van der Waals surface area contributed by atoms with Crippen LogP contribution in [0, 0.1) is 0 Å². The van der Waals surface area contributed by atoms with E-state index in [0.717, 1.165) is 17.1 Å². The van der Waals surface area contributed by atoms with Crippen molar-refractivity contribution in [3.05, 3.63) is 12.2 Å². The summed E-state index contributed by atoms with van der Waals surface area (Å²) in [6, 6.07) is -0.847. The highest BCUT2D eigenvalue weighted by atomic mass is 33.1. The molecule has 0 saturated carbocycles. The molecule has 1 aliphatic heterocycles. The number of ether oxygens (including phenoxy) is 2. The molecular weight excluding hydrogens is 522 g/mol. The predicted molar refractivity (Wildman–Crippen MR) is 143 cm³/mol. The average molecular weight is 562 g/mol. The highest BCUT2D eigenvalue weighted by molar-refractivity contribution is 8.77. The maximum Gasteiger partial charge on any atom is 0.326 e. The number of nitrogens with one attached hydrogen (secondary N) is 1. The van der Waals surface area contributed by atoms with E-state index in [4.69, 9.17) is 14.6 Å². The van der Waals surface area contributed by atoms with Crippen LogP contribution in [0.3, 0.4) is 0 Å². The zero-order chi connectivity index (χ0) is 27.8. The second-order valence-corrected chi connectivity index (χ2v) is 12.1. The van der Waals surface area contributed by atoms with Gasteiger partial charge in [-0.05, 0) is 33.6 Å². The van der Waals surface area contributed by atoms with Gasteiger partial charge in [-0.1, -0.05) is 21.6 Å². The van der Waals surface area contributed by atoms with E-state index < -0.39 is 12.0 Å². The molecule has 0 aliphatic carbocycles. The Labute approximate surface area is 226 Å². The zero-order valence-corrected chi connectivity index (χ0v) is 23.7. The number of carbonyl (C=O) groups is 5. The van der Waals surface area contributed by atoms with Gasteiger partial charge in [0.05, 0.1) is 33.0 Å². The van der Waals surface area contributed by atoms with Crippen LogP contribution < -0.4 is 5.32 Å². The number of hydrogen-bond acceptors (Lipinski definition) is 9. The minimum absolute atomic E-state index is 0.0422. The molecule has 1 aliphatic rings. The van der Waals surface area contributed by atoms with Crippen LogP contribution in [0.2, 0.25) is 0 Å². The molecule has 0 saturated heterocycles. The monoisotopic (exact) mass is 561 g/mol. The van der Waals surface area contributed by atoms with E-state index in [9.17, 15) is 24.0 Å². The van der Waals surface area contributed by atoms with Crippen LogP contribution in [0.5, 0.6) is 0 Å². The zero-order valence-electron chi connectivity index (χ0n) is 22.0. The number of hydrogen-bond donors (Lipinski definition) is 2. The number of carboxylic acid groups (broad SMARTS) is 1. The summed E-state index contributed by atoms with van der Waals surface area (Å²) in [5.74, 6) is -1.12. The largest absolute Gasteiger partial charge is 0.480 e. The Hall–Kier alpha value is -2.09. The lowest BCUT2D eigenvalue weighted by molar-refractivity contribution is -0.148. The van der Waals surface area contributed by atoms with Crippen molar-refractivity contribution in [2.24, 2.45) is 0 Å². The molecule has 1 heterocycles. The molecule has 0 spiro atoms. The first kappa shape index (κ1) is 32.9. The molecule has 1 unspecified atom stereocenters. The summed E-state index contributed by atoms with van der Waals surface area (Å²) in [4.78, 5) is 60.3. The van der Waals surface area contributed by atoms with Crippen LogP contribution in [0.15, 0.2) is 12.2 Å². The third-order valence-corrected chi connectivity index (χ3v) is 8.92. The Balaban J connectivity index is 1.98. The minimum atomic E-state index is -1.02. The number of likely N-dealkylation sites (N-methyl/N-ethyl adjacent to an activating group) is 1. The number of rotatable bonds is 20. The van der Waals surface area contributed by atoms with E-state index in [1.807, 2.05) is 13.8 Å². The standard InChI is InChI=1S/C24H39N3O8S2/c1-18(23(32)33)26(4)20(29)9-10-24(2,3)37-36-17-5-6-19(28)25-11-13-34-15-16-35-14-12-27-21(30)7-8-22(27)31/h7-8,18H,5-6,9-17H2,1-4H3,(H,25,28)(H,32,33). The van der Waals surface area contributed by atoms with Crippen molar-refractivity contribution in [2.45, 2.75) is 57.2 Å². The molecule has 1 atom stereocenters. The van der Waals surface area contributed by atoms with E-state index in [1.54, 1.807) is 21.6 Å². The second kappa shape index (κ2) is 17.4. The normalized spacial score (nSPS) is 14.2. The Kier molecular flexibility index (Phi) is 15.5. The Bertz CT molecular complexity index is 804. The molecule has 0 fully saturated rings. The van der Waals surface area contributed by atoms with E-state index in [1.165, 1.54) is 31.0 Å². The van der Waals surface area contributed by atoms with Crippen LogP contribution in [0.1, 0.15) is 46.5 Å². The van der Waals surface area contributed by atoms with E-state index in [2.05, 4.69) is 5.32 Å². The van der Waals surface area contributed by atoms with Crippen LogP contribution in [-0.2, 0) is 33.4 Å². The summed E-state index contributed by atoms with van der Waals surface area (Å²) in [6.07, 6.45) is 4.52. The van der Waals surface area contributed by atoms with Crippen molar-refractivity contribution < 1.29 is 38.6 Å². The lowest BCUT2D eigenvalue weighted by Gasteiger charge is -2.26. The summed E-state index contributed by atoms with van der Waals surface area (Å²) in [5.41, 5.74) is 0. The summed E-state index contributed by atoms with van der Waals surface area (Å²) in [7, 11) is 4.83. The quantitative estimate of drug-likeness (QED) is 0.128. The first-order valence-corrected chi connectivity index (χ1v) is 14.5. The maximum atomic E-state index is 12.2. The van der Waals surface area contributed by atoms with Gasteiger partial charge in [0.15, 0.2) is 0 Å². The fourth-order valence-electron chi connectivity index (χ4n) is 2.98. The highest BCUT2D eigenvalue weighted by Crippen LogP contribution is 2.39. The molecule has 11 nitrogen and oxygen atoms in total. The molecule has 13 heteroatoms. The third kappa shape index (κ3) is 13.9. The summed E-state index contributed by atoms with van der Waals surface area (Å²) < 4.78 is 10.6. The number of carbonyl (C=O) groups excluding carboxylic acids is 4. The summed E-state index contributed by atoms with van der Waals surface area (Å²) >= 11 is 0. The average Bonchev–Trinajstić information content (AvgIpc) is 3.17. The molecule has 4 amide bonds.